The van der Waals surface area contributed by atoms with Crippen molar-refractivity contribution in [3.63, 3.8) is 0 Å². The second kappa shape index (κ2) is 16.3. The topological polar surface area (TPSA) is 0 Å². The van der Waals surface area contributed by atoms with Crippen LogP contribution in [0.15, 0.2) is 0 Å². The number of hydrogen-bond acceptors (Lipinski definition) is 0. The summed E-state index contributed by atoms with van der Waals surface area (Å²) in [6.45, 7) is 16.1. The van der Waals surface area contributed by atoms with Crippen LogP contribution in [0.4, 0.5) is 0 Å². The first-order chi connectivity index (χ1) is 10.2. The fraction of sp³-hybridized carbons (Fsp3) is 1.00. The molecule has 0 radical (unpaired) electrons. The van der Waals surface area contributed by atoms with E-state index in [1.807, 2.05) is 0 Å². The highest BCUT2D eigenvalue weighted by atomic mass is 79.9. The van der Waals surface area contributed by atoms with E-state index >= 15 is 0 Å². The zero-order valence-corrected chi connectivity index (χ0v) is 17.9. The summed E-state index contributed by atoms with van der Waals surface area (Å²) in [5.74, 6) is 0. The molecule has 1 unspecified atom stereocenters. The standard InChI is InChI=1S/C20H44N.BrH/c1-6-11-16-20(15-10-5)21(17-12-7-2,18-13-8-3)19-14-9-4;/h20H,6-19H2,1-5H3;1H/q+1;/p-1. The Labute approximate surface area is 152 Å². The molecule has 0 saturated heterocycles. The number of hydrogen-bond donors (Lipinski definition) is 0. The van der Waals surface area contributed by atoms with E-state index in [-0.39, 0.29) is 17.0 Å². The second-order valence-electron chi connectivity index (χ2n) is 7.03. The monoisotopic (exact) mass is 377 g/mol. The number of halogens is 1. The molecule has 22 heavy (non-hydrogen) atoms. The maximum absolute atomic E-state index is 2.38. The largest absolute Gasteiger partial charge is 1.00 e. The molecule has 0 spiro atoms. The highest BCUT2D eigenvalue weighted by molar-refractivity contribution is 4.63. The van der Waals surface area contributed by atoms with Crippen molar-refractivity contribution in [2.24, 2.45) is 0 Å². The lowest BCUT2D eigenvalue weighted by Crippen LogP contribution is -3.00. The number of quaternary nitrogens is 1. The lowest BCUT2D eigenvalue weighted by molar-refractivity contribution is -0.952. The Bertz CT molecular complexity index is 196. The summed E-state index contributed by atoms with van der Waals surface area (Å²) < 4.78 is 1.45. The van der Waals surface area contributed by atoms with Crippen LogP contribution < -0.4 is 17.0 Å². The van der Waals surface area contributed by atoms with Crippen molar-refractivity contribution in [1.82, 2.24) is 0 Å². The van der Waals surface area contributed by atoms with Crippen LogP contribution in [-0.4, -0.2) is 30.2 Å². The van der Waals surface area contributed by atoms with Gasteiger partial charge in [0.2, 0.25) is 0 Å². The summed E-state index contributed by atoms with van der Waals surface area (Å²) in [6.07, 6.45) is 15.3. The van der Waals surface area contributed by atoms with Gasteiger partial charge in [-0.15, -0.1) is 0 Å². The molecule has 0 N–H and O–H groups in total. The van der Waals surface area contributed by atoms with E-state index < -0.39 is 0 Å². The molecule has 0 aliphatic rings. The summed E-state index contributed by atoms with van der Waals surface area (Å²) in [5, 5.41) is 0. The van der Waals surface area contributed by atoms with Crippen LogP contribution in [0.25, 0.3) is 0 Å². The van der Waals surface area contributed by atoms with Gasteiger partial charge < -0.3 is 21.5 Å². The summed E-state index contributed by atoms with van der Waals surface area (Å²) in [5.41, 5.74) is 0. The van der Waals surface area contributed by atoms with Crippen molar-refractivity contribution in [2.45, 2.75) is 111 Å². The molecule has 0 rings (SSSR count). The van der Waals surface area contributed by atoms with E-state index in [2.05, 4.69) is 34.6 Å². The molecule has 1 nitrogen and oxygen atoms in total. The average Bonchev–Trinajstić information content (AvgIpc) is 2.51. The summed E-state index contributed by atoms with van der Waals surface area (Å²) >= 11 is 0. The molecule has 0 aromatic heterocycles. The van der Waals surface area contributed by atoms with Gasteiger partial charge in [-0.3, -0.25) is 0 Å². The SMILES string of the molecule is CCCCC(CCC)[N+](CCCC)(CCCC)CCCC.[Br-]. The molecular weight excluding hydrogens is 334 g/mol. The zero-order valence-electron chi connectivity index (χ0n) is 16.3. The molecule has 0 heterocycles. The third-order valence-electron chi connectivity index (χ3n) is 5.16. The molecule has 136 valence electrons. The first kappa shape index (κ1) is 24.7. The molecule has 0 aromatic carbocycles. The molecule has 0 aliphatic heterocycles. The van der Waals surface area contributed by atoms with Gasteiger partial charge in [0.1, 0.15) is 0 Å². The predicted octanol–water partition coefficient (Wildman–Crippen LogP) is 3.57. The van der Waals surface area contributed by atoms with Crippen molar-refractivity contribution in [2.75, 3.05) is 19.6 Å². The summed E-state index contributed by atoms with van der Waals surface area (Å²) in [6, 6.07) is 0.930. The highest BCUT2D eigenvalue weighted by Gasteiger charge is 2.34. The first-order valence-corrected chi connectivity index (χ1v) is 10.1. The highest BCUT2D eigenvalue weighted by Crippen LogP contribution is 2.26. The van der Waals surface area contributed by atoms with E-state index in [0.717, 1.165) is 6.04 Å². The van der Waals surface area contributed by atoms with E-state index in [0.29, 0.717) is 0 Å². The van der Waals surface area contributed by atoms with Gasteiger partial charge in [0.25, 0.3) is 0 Å². The maximum atomic E-state index is 2.38. The number of unbranched alkanes of at least 4 members (excludes halogenated alkanes) is 4. The molecule has 0 fully saturated rings. The average molecular weight is 378 g/mol. The second-order valence-corrected chi connectivity index (χ2v) is 7.03. The minimum Gasteiger partial charge on any atom is -1.00 e. The molecule has 0 aromatic rings. The summed E-state index contributed by atoms with van der Waals surface area (Å²) in [7, 11) is 0. The van der Waals surface area contributed by atoms with E-state index in [9.17, 15) is 0 Å². The predicted molar refractivity (Wildman–Crippen MR) is 97.8 cm³/mol. The van der Waals surface area contributed by atoms with E-state index in [1.165, 1.54) is 94.7 Å². The van der Waals surface area contributed by atoms with Crippen LogP contribution in [-0.2, 0) is 0 Å². The van der Waals surface area contributed by atoms with Gasteiger partial charge in [-0.2, -0.15) is 0 Å². The number of rotatable bonds is 15. The van der Waals surface area contributed by atoms with Crippen molar-refractivity contribution >= 4 is 0 Å². The van der Waals surface area contributed by atoms with Gasteiger partial charge >= 0.3 is 0 Å². The van der Waals surface area contributed by atoms with Gasteiger partial charge in [0.15, 0.2) is 0 Å². The molecule has 1 atom stereocenters. The van der Waals surface area contributed by atoms with Gasteiger partial charge in [0.05, 0.1) is 25.7 Å². The maximum Gasteiger partial charge on any atom is 0.0890 e. The Morgan fingerprint density at radius 3 is 1.27 bits per heavy atom. The van der Waals surface area contributed by atoms with E-state index in [4.69, 9.17) is 0 Å². The Morgan fingerprint density at radius 1 is 0.545 bits per heavy atom. The van der Waals surface area contributed by atoms with Crippen molar-refractivity contribution < 1.29 is 21.5 Å². The Morgan fingerprint density at radius 2 is 0.955 bits per heavy atom. The van der Waals surface area contributed by atoms with Crippen molar-refractivity contribution in [1.29, 1.82) is 0 Å². The quantitative estimate of drug-likeness (QED) is 0.382. The fourth-order valence-electron chi connectivity index (χ4n) is 3.77. The van der Waals surface area contributed by atoms with Gasteiger partial charge in [-0.1, -0.05) is 66.7 Å². The summed E-state index contributed by atoms with van der Waals surface area (Å²) in [4.78, 5) is 0. The normalized spacial score (nSPS) is 13.0. The number of nitrogens with zero attached hydrogens (tertiary/aromatic N) is 1. The van der Waals surface area contributed by atoms with Crippen LogP contribution >= 0.6 is 0 Å². The van der Waals surface area contributed by atoms with Crippen LogP contribution in [0.2, 0.25) is 0 Å². The van der Waals surface area contributed by atoms with Gasteiger partial charge in [-0.25, -0.2) is 0 Å². The lowest BCUT2D eigenvalue weighted by atomic mass is 9.97. The molecule has 0 aliphatic carbocycles. The Hall–Kier alpha value is 0.440. The smallest absolute Gasteiger partial charge is 0.0890 e. The fourth-order valence-corrected chi connectivity index (χ4v) is 3.77. The van der Waals surface area contributed by atoms with Gasteiger partial charge in [-0.05, 0) is 38.5 Å². The van der Waals surface area contributed by atoms with Crippen molar-refractivity contribution in [3.8, 4) is 0 Å². The van der Waals surface area contributed by atoms with Gasteiger partial charge in [0, 0.05) is 0 Å². The van der Waals surface area contributed by atoms with Crippen LogP contribution in [0.5, 0.6) is 0 Å². The zero-order chi connectivity index (χ0) is 16.0. The lowest BCUT2D eigenvalue weighted by Gasteiger charge is -2.46. The third-order valence-corrected chi connectivity index (χ3v) is 5.16. The third kappa shape index (κ3) is 9.55. The molecular formula is C20H44BrN. The first-order valence-electron chi connectivity index (χ1n) is 10.1. The Kier molecular flexibility index (Phi) is 18.3. The van der Waals surface area contributed by atoms with Crippen LogP contribution in [0, 0.1) is 0 Å². The van der Waals surface area contributed by atoms with Crippen molar-refractivity contribution in [3.05, 3.63) is 0 Å². The Balaban J connectivity index is 0. The van der Waals surface area contributed by atoms with Crippen LogP contribution in [0.1, 0.15) is 105 Å². The minimum atomic E-state index is 0. The van der Waals surface area contributed by atoms with Crippen LogP contribution in [0.3, 0.4) is 0 Å². The van der Waals surface area contributed by atoms with E-state index in [1.54, 1.807) is 0 Å². The molecule has 0 saturated carbocycles. The molecule has 0 bridgehead atoms. The minimum absolute atomic E-state index is 0. The molecule has 0 amide bonds. The molecule has 2 heteroatoms.